The Kier molecular flexibility index (Phi) is 3.28. The third-order valence-corrected chi connectivity index (χ3v) is 4.60. The molecule has 1 unspecified atom stereocenters. The number of aromatic nitrogens is 1. The van der Waals surface area contributed by atoms with Gasteiger partial charge in [0.15, 0.2) is 0 Å². The van der Waals surface area contributed by atoms with E-state index in [0.29, 0.717) is 5.92 Å². The van der Waals surface area contributed by atoms with Gasteiger partial charge < -0.3 is 5.32 Å². The van der Waals surface area contributed by atoms with Crippen molar-refractivity contribution in [2.75, 3.05) is 6.54 Å². The Labute approximate surface area is 115 Å². The van der Waals surface area contributed by atoms with Crippen molar-refractivity contribution in [3.05, 3.63) is 42.1 Å². The van der Waals surface area contributed by atoms with Crippen LogP contribution in [0.25, 0.3) is 10.9 Å². The summed E-state index contributed by atoms with van der Waals surface area (Å²) in [5, 5.41) is 5.00. The van der Waals surface area contributed by atoms with Crippen LogP contribution in [-0.2, 0) is 6.42 Å². The van der Waals surface area contributed by atoms with Crippen LogP contribution in [0.3, 0.4) is 0 Å². The fourth-order valence-electron chi connectivity index (χ4n) is 3.33. The minimum atomic E-state index is 0.256. The Hall–Kier alpha value is -1.41. The standard InChI is InChI=1S/C17H22N2/c1-13(2)17(9-5-11-19-17)12-15-7-3-6-14-8-4-10-18-16(14)15/h3-4,6-8,10,13,19H,5,9,11-12H2,1-2H3. The largest absolute Gasteiger partial charge is 0.311 e. The normalized spacial score (nSPS) is 23.3. The summed E-state index contributed by atoms with van der Waals surface area (Å²) in [6.45, 7) is 5.81. The van der Waals surface area contributed by atoms with E-state index in [2.05, 4.69) is 48.4 Å². The smallest absolute Gasteiger partial charge is 0.0734 e. The molecule has 3 rings (SSSR count). The van der Waals surface area contributed by atoms with Crippen molar-refractivity contribution in [3.8, 4) is 0 Å². The van der Waals surface area contributed by atoms with Crippen molar-refractivity contribution >= 4 is 10.9 Å². The first-order valence-corrected chi connectivity index (χ1v) is 7.29. The molecular formula is C17H22N2. The maximum absolute atomic E-state index is 4.59. The van der Waals surface area contributed by atoms with E-state index < -0.39 is 0 Å². The van der Waals surface area contributed by atoms with E-state index >= 15 is 0 Å². The molecule has 0 amide bonds. The first-order chi connectivity index (χ1) is 9.21. The zero-order chi connectivity index (χ0) is 13.3. The molecule has 0 bridgehead atoms. The van der Waals surface area contributed by atoms with Gasteiger partial charge in [-0.2, -0.15) is 0 Å². The van der Waals surface area contributed by atoms with Crippen LogP contribution in [-0.4, -0.2) is 17.1 Å². The molecule has 1 aromatic heterocycles. The van der Waals surface area contributed by atoms with E-state index in [1.165, 1.54) is 29.3 Å². The van der Waals surface area contributed by atoms with E-state index in [4.69, 9.17) is 0 Å². The summed E-state index contributed by atoms with van der Waals surface area (Å²) in [5.41, 5.74) is 2.80. The monoisotopic (exact) mass is 254 g/mol. The molecular weight excluding hydrogens is 232 g/mol. The lowest BCUT2D eigenvalue weighted by atomic mass is 9.79. The predicted molar refractivity (Wildman–Crippen MR) is 80.3 cm³/mol. The molecule has 2 nitrogen and oxygen atoms in total. The highest BCUT2D eigenvalue weighted by molar-refractivity contribution is 5.81. The molecule has 2 heterocycles. The van der Waals surface area contributed by atoms with Crippen molar-refractivity contribution < 1.29 is 0 Å². The number of fused-ring (bicyclic) bond motifs is 1. The Bertz CT molecular complexity index is 563. The van der Waals surface area contributed by atoms with Gasteiger partial charge >= 0.3 is 0 Å². The Morgan fingerprint density at radius 1 is 1.26 bits per heavy atom. The second-order valence-electron chi connectivity index (χ2n) is 6.01. The third-order valence-electron chi connectivity index (χ3n) is 4.60. The summed E-state index contributed by atoms with van der Waals surface area (Å²) in [7, 11) is 0. The lowest BCUT2D eigenvalue weighted by Crippen LogP contribution is -2.46. The zero-order valence-electron chi connectivity index (χ0n) is 11.8. The number of rotatable bonds is 3. The van der Waals surface area contributed by atoms with Gasteiger partial charge in [-0.05, 0) is 43.4 Å². The molecule has 1 atom stereocenters. The molecule has 1 N–H and O–H groups in total. The molecule has 19 heavy (non-hydrogen) atoms. The van der Waals surface area contributed by atoms with E-state index in [9.17, 15) is 0 Å². The van der Waals surface area contributed by atoms with Gasteiger partial charge in [-0.25, -0.2) is 0 Å². The average molecular weight is 254 g/mol. The predicted octanol–water partition coefficient (Wildman–Crippen LogP) is 3.56. The molecule has 0 spiro atoms. The topological polar surface area (TPSA) is 24.9 Å². The molecule has 1 saturated heterocycles. The number of benzene rings is 1. The zero-order valence-corrected chi connectivity index (χ0v) is 11.8. The molecule has 100 valence electrons. The minimum absolute atomic E-state index is 0.256. The Morgan fingerprint density at radius 2 is 2.11 bits per heavy atom. The molecule has 2 aromatic rings. The number of hydrogen-bond donors (Lipinski definition) is 1. The summed E-state index contributed by atoms with van der Waals surface area (Å²) >= 11 is 0. The number of nitrogens with zero attached hydrogens (tertiary/aromatic N) is 1. The van der Waals surface area contributed by atoms with Gasteiger partial charge in [-0.15, -0.1) is 0 Å². The minimum Gasteiger partial charge on any atom is -0.311 e. The molecule has 0 saturated carbocycles. The lowest BCUT2D eigenvalue weighted by Gasteiger charge is -2.34. The van der Waals surface area contributed by atoms with Gasteiger partial charge in [0, 0.05) is 17.1 Å². The molecule has 1 aliphatic rings. The number of hydrogen-bond acceptors (Lipinski definition) is 2. The van der Waals surface area contributed by atoms with Crippen molar-refractivity contribution in [3.63, 3.8) is 0 Å². The van der Waals surface area contributed by atoms with Crippen molar-refractivity contribution in [2.45, 2.75) is 38.6 Å². The van der Waals surface area contributed by atoms with Crippen molar-refractivity contribution in [1.82, 2.24) is 10.3 Å². The van der Waals surface area contributed by atoms with Gasteiger partial charge in [0.05, 0.1) is 5.52 Å². The van der Waals surface area contributed by atoms with Crippen LogP contribution in [0.2, 0.25) is 0 Å². The van der Waals surface area contributed by atoms with Gasteiger partial charge in [-0.3, -0.25) is 4.98 Å². The van der Waals surface area contributed by atoms with Crippen molar-refractivity contribution in [2.24, 2.45) is 5.92 Å². The van der Waals surface area contributed by atoms with Gasteiger partial charge in [0.1, 0.15) is 0 Å². The Morgan fingerprint density at radius 3 is 2.84 bits per heavy atom. The average Bonchev–Trinajstić information content (AvgIpc) is 2.89. The van der Waals surface area contributed by atoms with Crippen molar-refractivity contribution in [1.29, 1.82) is 0 Å². The van der Waals surface area contributed by atoms with Crippen LogP contribution in [0.1, 0.15) is 32.3 Å². The summed E-state index contributed by atoms with van der Waals surface area (Å²) in [4.78, 5) is 4.59. The molecule has 1 aliphatic heterocycles. The Balaban J connectivity index is 2.01. The summed E-state index contributed by atoms with van der Waals surface area (Å²) in [6.07, 6.45) is 5.54. The maximum Gasteiger partial charge on any atom is 0.0734 e. The quantitative estimate of drug-likeness (QED) is 0.906. The van der Waals surface area contributed by atoms with Crippen LogP contribution >= 0.6 is 0 Å². The fraction of sp³-hybridized carbons (Fsp3) is 0.471. The maximum atomic E-state index is 4.59. The highest BCUT2D eigenvalue weighted by atomic mass is 15.0. The first-order valence-electron chi connectivity index (χ1n) is 7.29. The summed E-state index contributed by atoms with van der Waals surface area (Å²) < 4.78 is 0. The molecule has 1 fully saturated rings. The van der Waals surface area contributed by atoms with E-state index in [1.54, 1.807) is 0 Å². The summed E-state index contributed by atoms with van der Waals surface area (Å²) in [6, 6.07) is 10.7. The highest BCUT2D eigenvalue weighted by Gasteiger charge is 2.36. The highest BCUT2D eigenvalue weighted by Crippen LogP contribution is 2.32. The molecule has 1 aromatic carbocycles. The van der Waals surface area contributed by atoms with Crippen LogP contribution in [0.15, 0.2) is 36.5 Å². The van der Waals surface area contributed by atoms with Crippen LogP contribution in [0.5, 0.6) is 0 Å². The lowest BCUT2D eigenvalue weighted by molar-refractivity contribution is 0.270. The van der Waals surface area contributed by atoms with Crippen LogP contribution in [0.4, 0.5) is 0 Å². The van der Waals surface area contributed by atoms with Crippen LogP contribution < -0.4 is 5.32 Å². The van der Waals surface area contributed by atoms with Crippen LogP contribution in [0, 0.1) is 5.92 Å². The molecule has 2 heteroatoms. The number of pyridine rings is 1. The van der Waals surface area contributed by atoms with Gasteiger partial charge in [-0.1, -0.05) is 38.1 Å². The summed E-state index contributed by atoms with van der Waals surface area (Å²) in [5.74, 6) is 0.647. The molecule has 0 radical (unpaired) electrons. The van der Waals surface area contributed by atoms with E-state index in [-0.39, 0.29) is 5.54 Å². The SMILES string of the molecule is CC(C)C1(Cc2cccc3cccnc23)CCCN1. The second-order valence-corrected chi connectivity index (χ2v) is 6.01. The van der Waals surface area contributed by atoms with Gasteiger partial charge in [0.2, 0.25) is 0 Å². The van der Waals surface area contributed by atoms with Gasteiger partial charge in [0.25, 0.3) is 0 Å². The number of para-hydroxylation sites is 1. The van der Waals surface area contributed by atoms with E-state index in [0.717, 1.165) is 13.0 Å². The fourth-order valence-corrected chi connectivity index (χ4v) is 3.33. The second kappa shape index (κ2) is 4.93. The van der Waals surface area contributed by atoms with E-state index in [1.807, 2.05) is 12.3 Å². The first kappa shape index (κ1) is 12.6. The number of nitrogens with one attached hydrogen (secondary N) is 1. The molecule has 0 aliphatic carbocycles. The third kappa shape index (κ3) is 2.25.